The molecule has 0 radical (unpaired) electrons. The maximum atomic E-state index is 3.68. The Bertz CT molecular complexity index is 1430. The van der Waals surface area contributed by atoms with Gasteiger partial charge >= 0.3 is 0 Å². The van der Waals surface area contributed by atoms with E-state index >= 15 is 0 Å². The van der Waals surface area contributed by atoms with Crippen LogP contribution < -0.4 is 0 Å². The predicted octanol–water partition coefficient (Wildman–Crippen LogP) is 6.62. The number of aromatic nitrogens is 2. The Kier molecular flexibility index (Phi) is 2.64. The fourth-order valence-electron chi connectivity index (χ4n) is 4.21. The van der Waals surface area contributed by atoms with Crippen molar-refractivity contribution in [3.05, 3.63) is 85.1 Å². The monoisotopic (exact) mass is 332 g/mol. The summed E-state index contributed by atoms with van der Waals surface area (Å²) >= 11 is 0. The fraction of sp³-hybridized carbons (Fsp3) is 0. The molecule has 122 valence electrons. The average Bonchev–Trinajstić information content (AvgIpc) is 3.28. The first kappa shape index (κ1) is 13.7. The zero-order chi connectivity index (χ0) is 17.1. The highest BCUT2D eigenvalue weighted by atomic mass is 14.7. The number of benzene rings is 4. The van der Waals surface area contributed by atoms with E-state index in [4.69, 9.17) is 0 Å². The van der Waals surface area contributed by atoms with Gasteiger partial charge in [0.15, 0.2) is 0 Å². The quantitative estimate of drug-likeness (QED) is 0.339. The van der Waals surface area contributed by atoms with Crippen molar-refractivity contribution < 1.29 is 0 Å². The smallest absolute Gasteiger partial charge is 0.0551 e. The van der Waals surface area contributed by atoms with E-state index in [1.54, 1.807) is 0 Å². The van der Waals surface area contributed by atoms with Gasteiger partial charge in [0.1, 0.15) is 0 Å². The van der Waals surface area contributed by atoms with Gasteiger partial charge in [-0.05, 0) is 29.0 Å². The van der Waals surface area contributed by atoms with Gasteiger partial charge in [0.25, 0.3) is 0 Å². The van der Waals surface area contributed by atoms with Crippen molar-refractivity contribution in [1.82, 2.24) is 9.97 Å². The first-order valence-corrected chi connectivity index (χ1v) is 8.89. The Hall–Kier alpha value is -3.52. The van der Waals surface area contributed by atoms with Gasteiger partial charge in [-0.15, -0.1) is 0 Å². The van der Waals surface area contributed by atoms with Gasteiger partial charge in [-0.25, -0.2) is 0 Å². The number of H-pyrrole nitrogens is 2. The Balaban J connectivity index is 1.88. The molecule has 6 aromatic rings. The molecule has 2 aromatic heterocycles. The lowest BCUT2D eigenvalue weighted by molar-refractivity contribution is 1.47. The second kappa shape index (κ2) is 4.99. The summed E-state index contributed by atoms with van der Waals surface area (Å²) in [6, 6.07) is 28.0. The maximum Gasteiger partial charge on any atom is 0.0551 e. The highest BCUT2D eigenvalue weighted by Crippen LogP contribution is 2.41. The van der Waals surface area contributed by atoms with Crippen molar-refractivity contribution in [1.29, 1.82) is 0 Å². The summed E-state index contributed by atoms with van der Waals surface area (Å²) < 4.78 is 0. The number of fused-ring (bicyclic) bond motifs is 5. The van der Waals surface area contributed by atoms with Gasteiger partial charge in [-0.3, -0.25) is 0 Å². The van der Waals surface area contributed by atoms with E-state index in [1.165, 1.54) is 54.6 Å². The van der Waals surface area contributed by atoms with Crippen LogP contribution in [0.4, 0.5) is 0 Å². The molecular weight excluding hydrogens is 316 g/mol. The summed E-state index contributed by atoms with van der Waals surface area (Å²) in [5.74, 6) is 0. The van der Waals surface area contributed by atoms with Crippen molar-refractivity contribution in [2.45, 2.75) is 0 Å². The van der Waals surface area contributed by atoms with Crippen LogP contribution in [0.1, 0.15) is 0 Å². The van der Waals surface area contributed by atoms with E-state index in [9.17, 15) is 0 Å². The molecule has 0 aliphatic rings. The number of para-hydroxylation sites is 2. The average molecular weight is 332 g/mol. The van der Waals surface area contributed by atoms with Gasteiger partial charge in [-0.2, -0.15) is 0 Å². The summed E-state index contributed by atoms with van der Waals surface area (Å²) in [4.78, 5) is 7.11. The molecule has 6 rings (SSSR count). The normalized spacial score (nSPS) is 11.8. The lowest BCUT2D eigenvalue weighted by Gasteiger charge is -2.09. The van der Waals surface area contributed by atoms with Gasteiger partial charge in [0, 0.05) is 44.5 Å². The molecule has 0 saturated heterocycles. The van der Waals surface area contributed by atoms with Gasteiger partial charge in [0.2, 0.25) is 0 Å². The van der Waals surface area contributed by atoms with E-state index in [1.807, 2.05) is 0 Å². The van der Waals surface area contributed by atoms with E-state index < -0.39 is 0 Å². The molecule has 26 heavy (non-hydrogen) atoms. The van der Waals surface area contributed by atoms with E-state index in [-0.39, 0.29) is 0 Å². The van der Waals surface area contributed by atoms with Crippen LogP contribution in [0.5, 0.6) is 0 Å². The number of hydrogen-bond donors (Lipinski definition) is 2. The molecule has 0 saturated carbocycles. The summed E-state index contributed by atoms with van der Waals surface area (Å²) in [7, 11) is 0. The molecule has 0 unspecified atom stereocenters. The number of rotatable bonds is 1. The Morgan fingerprint density at radius 3 is 2.15 bits per heavy atom. The van der Waals surface area contributed by atoms with Crippen LogP contribution in [0.2, 0.25) is 0 Å². The van der Waals surface area contributed by atoms with Gasteiger partial charge in [0.05, 0.1) is 5.52 Å². The Morgan fingerprint density at radius 2 is 1.27 bits per heavy atom. The third kappa shape index (κ3) is 1.76. The van der Waals surface area contributed by atoms with E-state index in [2.05, 4.69) is 95.0 Å². The van der Waals surface area contributed by atoms with Crippen molar-refractivity contribution in [2.75, 3.05) is 0 Å². The SMILES string of the molecule is c1ccc2c(-c3c[nH]c4ccccc34)c3[nH]c4ccccc4c3cc2c1. The first-order valence-electron chi connectivity index (χ1n) is 8.89. The molecule has 0 bridgehead atoms. The van der Waals surface area contributed by atoms with Crippen LogP contribution in [-0.2, 0) is 0 Å². The Morgan fingerprint density at radius 1 is 0.577 bits per heavy atom. The number of aromatic amines is 2. The fourth-order valence-corrected chi connectivity index (χ4v) is 4.21. The third-order valence-electron chi connectivity index (χ3n) is 5.38. The zero-order valence-electron chi connectivity index (χ0n) is 14.1. The topological polar surface area (TPSA) is 31.6 Å². The van der Waals surface area contributed by atoms with Gasteiger partial charge < -0.3 is 9.97 Å². The molecule has 0 spiro atoms. The van der Waals surface area contributed by atoms with Crippen molar-refractivity contribution in [3.63, 3.8) is 0 Å². The molecule has 2 N–H and O–H groups in total. The minimum atomic E-state index is 1.17. The molecule has 0 aliphatic carbocycles. The summed E-state index contributed by atoms with van der Waals surface area (Å²) in [6.45, 7) is 0. The van der Waals surface area contributed by atoms with Crippen molar-refractivity contribution in [2.24, 2.45) is 0 Å². The summed E-state index contributed by atoms with van der Waals surface area (Å²) in [5, 5.41) is 6.35. The standard InChI is InChI=1S/C24H16N2/c1-2-8-16-15(7-1)13-19-17-9-4-6-12-22(17)26-24(19)23(16)20-14-25-21-11-5-3-10-18(20)21/h1-14,25-26H. The van der Waals surface area contributed by atoms with Crippen molar-refractivity contribution >= 4 is 43.5 Å². The van der Waals surface area contributed by atoms with Crippen LogP contribution >= 0.6 is 0 Å². The largest absolute Gasteiger partial charge is 0.361 e. The molecule has 2 heterocycles. The highest BCUT2D eigenvalue weighted by molar-refractivity contribution is 6.21. The predicted molar refractivity (Wildman–Crippen MR) is 111 cm³/mol. The second-order valence-corrected chi connectivity index (χ2v) is 6.81. The molecule has 0 amide bonds. The lowest BCUT2D eigenvalue weighted by atomic mass is 9.94. The lowest BCUT2D eigenvalue weighted by Crippen LogP contribution is -1.83. The van der Waals surface area contributed by atoms with Crippen molar-refractivity contribution in [3.8, 4) is 11.1 Å². The third-order valence-corrected chi connectivity index (χ3v) is 5.38. The highest BCUT2D eigenvalue weighted by Gasteiger charge is 2.16. The number of nitrogens with one attached hydrogen (secondary N) is 2. The molecule has 4 aromatic carbocycles. The molecular formula is C24H16N2. The second-order valence-electron chi connectivity index (χ2n) is 6.81. The van der Waals surface area contributed by atoms with E-state index in [0.29, 0.717) is 0 Å². The molecule has 0 atom stereocenters. The van der Waals surface area contributed by atoms with Crippen LogP contribution in [0.25, 0.3) is 54.6 Å². The van der Waals surface area contributed by atoms with Gasteiger partial charge in [-0.1, -0.05) is 60.7 Å². The van der Waals surface area contributed by atoms with E-state index in [0.717, 1.165) is 0 Å². The number of hydrogen-bond acceptors (Lipinski definition) is 0. The first-order chi connectivity index (χ1) is 12.9. The summed E-state index contributed by atoms with van der Waals surface area (Å²) in [5.41, 5.74) is 6.06. The van der Waals surface area contributed by atoms with Crippen LogP contribution in [0.15, 0.2) is 85.1 Å². The zero-order valence-corrected chi connectivity index (χ0v) is 14.1. The molecule has 2 heteroatoms. The van der Waals surface area contributed by atoms with Crippen LogP contribution in [-0.4, -0.2) is 9.97 Å². The molecule has 0 aliphatic heterocycles. The summed E-state index contributed by atoms with van der Waals surface area (Å²) in [6.07, 6.45) is 2.14. The minimum absolute atomic E-state index is 1.17. The maximum absolute atomic E-state index is 3.68. The van der Waals surface area contributed by atoms with Crippen LogP contribution in [0, 0.1) is 0 Å². The molecule has 2 nitrogen and oxygen atoms in total. The minimum Gasteiger partial charge on any atom is -0.361 e. The Labute approximate surface area is 150 Å². The van der Waals surface area contributed by atoms with Crippen LogP contribution in [0.3, 0.4) is 0 Å². The molecule has 0 fully saturated rings.